The van der Waals surface area contributed by atoms with Crippen LogP contribution in [0.2, 0.25) is 0 Å². The Labute approximate surface area is 122 Å². The third-order valence-corrected chi connectivity index (χ3v) is 3.41. The molecule has 1 heterocycles. The minimum atomic E-state index is -0.260. The summed E-state index contributed by atoms with van der Waals surface area (Å²) in [4.78, 5) is 4.42. The fourth-order valence-electron chi connectivity index (χ4n) is 2.40. The van der Waals surface area contributed by atoms with Gasteiger partial charge < -0.3 is 5.11 Å². The Kier molecular flexibility index (Phi) is 3.65. The minimum absolute atomic E-state index is 0.0904. The summed E-state index contributed by atoms with van der Waals surface area (Å²) in [6.07, 6.45) is 1.74. The monoisotopic (exact) mass is 279 g/mol. The third-order valence-electron chi connectivity index (χ3n) is 3.41. The Hall–Kier alpha value is -2.68. The van der Waals surface area contributed by atoms with Gasteiger partial charge in [0, 0.05) is 6.20 Å². The molecule has 3 heteroatoms. The van der Waals surface area contributed by atoms with Crippen molar-refractivity contribution in [2.24, 2.45) is 0 Å². The van der Waals surface area contributed by atoms with Crippen LogP contribution in [0.3, 0.4) is 0 Å². The van der Waals surface area contributed by atoms with E-state index < -0.39 is 0 Å². The molecule has 3 rings (SSSR count). The van der Waals surface area contributed by atoms with Gasteiger partial charge in [-0.25, -0.2) is 4.39 Å². The SMILES string of the molecule is Oc1ccc(C(c2ccc(F)cc2)c2ccccn2)cc1. The van der Waals surface area contributed by atoms with Gasteiger partial charge in [-0.3, -0.25) is 4.98 Å². The van der Waals surface area contributed by atoms with E-state index in [4.69, 9.17) is 0 Å². The lowest BCUT2D eigenvalue weighted by molar-refractivity contribution is 0.475. The summed E-state index contributed by atoms with van der Waals surface area (Å²) in [6, 6.07) is 19.2. The van der Waals surface area contributed by atoms with Crippen LogP contribution < -0.4 is 0 Å². The Morgan fingerprint density at radius 3 is 2.00 bits per heavy atom. The zero-order valence-electron chi connectivity index (χ0n) is 11.3. The van der Waals surface area contributed by atoms with Crippen LogP contribution in [0.15, 0.2) is 72.9 Å². The van der Waals surface area contributed by atoms with Crippen LogP contribution in [0.4, 0.5) is 4.39 Å². The fourth-order valence-corrected chi connectivity index (χ4v) is 2.40. The van der Waals surface area contributed by atoms with Gasteiger partial charge in [-0.1, -0.05) is 30.3 Å². The molecule has 0 aliphatic heterocycles. The molecular weight excluding hydrogens is 265 g/mol. The van der Waals surface area contributed by atoms with Gasteiger partial charge in [-0.2, -0.15) is 0 Å². The van der Waals surface area contributed by atoms with Crippen LogP contribution in [-0.2, 0) is 0 Å². The van der Waals surface area contributed by atoms with Crippen molar-refractivity contribution in [3.8, 4) is 5.75 Å². The first-order chi connectivity index (χ1) is 10.2. The van der Waals surface area contributed by atoms with Crippen molar-refractivity contribution < 1.29 is 9.50 Å². The smallest absolute Gasteiger partial charge is 0.123 e. The van der Waals surface area contributed by atoms with E-state index in [1.165, 1.54) is 12.1 Å². The second kappa shape index (κ2) is 5.75. The molecule has 0 saturated carbocycles. The van der Waals surface area contributed by atoms with Crippen molar-refractivity contribution in [3.05, 3.63) is 95.6 Å². The standard InChI is InChI=1S/C18H14FNO/c19-15-8-4-13(5-9-15)18(17-3-1-2-12-20-17)14-6-10-16(21)11-7-14/h1-12,18,21H. The van der Waals surface area contributed by atoms with E-state index >= 15 is 0 Å². The van der Waals surface area contributed by atoms with E-state index in [0.29, 0.717) is 0 Å². The zero-order valence-corrected chi connectivity index (χ0v) is 11.3. The summed E-state index contributed by atoms with van der Waals surface area (Å²) in [6.45, 7) is 0. The normalized spacial score (nSPS) is 12.0. The number of nitrogens with zero attached hydrogens (tertiary/aromatic N) is 1. The lowest BCUT2D eigenvalue weighted by Crippen LogP contribution is -2.05. The Bertz CT molecular complexity index is 663. The average Bonchev–Trinajstić information content (AvgIpc) is 2.52. The topological polar surface area (TPSA) is 33.1 Å². The Morgan fingerprint density at radius 1 is 0.810 bits per heavy atom. The number of pyridine rings is 1. The summed E-state index contributed by atoms with van der Waals surface area (Å²) >= 11 is 0. The van der Waals surface area contributed by atoms with E-state index in [9.17, 15) is 9.50 Å². The summed E-state index contributed by atoms with van der Waals surface area (Å²) in [5.74, 6) is -0.130. The minimum Gasteiger partial charge on any atom is -0.508 e. The molecule has 0 radical (unpaired) electrons. The van der Waals surface area contributed by atoms with Gasteiger partial charge in [-0.15, -0.1) is 0 Å². The summed E-state index contributed by atoms with van der Waals surface area (Å²) in [5.41, 5.74) is 2.84. The number of phenols is 1. The zero-order chi connectivity index (χ0) is 14.7. The summed E-state index contributed by atoms with van der Waals surface area (Å²) in [5, 5.41) is 9.45. The maximum absolute atomic E-state index is 13.2. The maximum atomic E-state index is 13.2. The number of hydrogen-bond donors (Lipinski definition) is 1. The van der Waals surface area contributed by atoms with Crippen molar-refractivity contribution in [2.75, 3.05) is 0 Å². The molecule has 1 atom stereocenters. The molecule has 104 valence electrons. The molecule has 3 aromatic rings. The quantitative estimate of drug-likeness (QED) is 0.782. The Balaban J connectivity index is 2.11. The molecule has 2 nitrogen and oxygen atoms in total. The average molecular weight is 279 g/mol. The van der Waals surface area contributed by atoms with Gasteiger partial charge in [-0.05, 0) is 47.5 Å². The number of aromatic nitrogens is 1. The van der Waals surface area contributed by atoms with Gasteiger partial charge >= 0.3 is 0 Å². The Morgan fingerprint density at radius 2 is 1.43 bits per heavy atom. The molecule has 0 fully saturated rings. The van der Waals surface area contributed by atoms with Gasteiger partial charge in [0.1, 0.15) is 11.6 Å². The number of rotatable bonds is 3. The highest BCUT2D eigenvalue weighted by Crippen LogP contribution is 2.31. The van der Waals surface area contributed by atoms with Crippen molar-refractivity contribution in [1.29, 1.82) is 0 Å². The number of benzene rings is 2. The number of aromatic hydroxyl groups is 1. The highest BCUT2D eigenvalue weighted by atomic mass is 19.1. The molecular formula is C18H14FNO. The first-order valence-electron chi connectivity index (χ1n) is 6.69. The first kappa shape index (κ1) is 13.3. The molecule has 0 spiro atoms. The van der Waals surface area contributed by atoms with Gasteiger partial charge in [0.05, 0.1) is 11.6 Å². The molecule has 21 heavy (non-hydrogen) atoms. The molecule has 1 aromatic heterocycles. The lowest BCUT2D eigenvalue weighted by Gasteiger charge is -2.17. The highest BCUT2D eigenvalue weighted by molar-refractivity contribution is 5.42. The lowest BCUT2D eigenvalue weighted by atomic mass is 9.88. The molecule has 1 N–H and O–H groups in total. The van der Waals surface area contributed by atoms with Crippen molar-refractivity contribution in [3.63, 3.8) is 0 Å². The predicted molar refractivity (Wildman–Crippen MR) is 79.7 cm³/mol. The van der Waals surface area contributed by atoms with Crippen LogP contribution in [0, 0.1) is 5.82 Å². The van der Waals surface area contributed by atoms with Crippen molar-refractivity contribution in [1.82, 2.24) is 4.98 Å². The van der Waals surface area contributed by atoms with E-state index in [1.807, 2.05) is 30.3 Å². The second-order valence-electron chi connectivity index (χ2n) is 4.83. The van der Waals surface area contributed by atoms with Crippen LogP contribution in [0.1, 0.15) is 22.7 Å². The third kappa shape index (κ3) is 2.92. The molecule has 0 aliphatic rings. The van der Waals surface area contributed by atoms with Gasteiger partial charge in [0.15, 0.2) is 0 Å². The van der Waals surface area contributed by atoms with E-state index in [2.05, 4.69) is 4.98 Å². The summed E-state index contributed by atoms with van der Waals surface area (Å²) in [7, 11) is 0. The number of halogens is 1. The molecule has 2 aromatic carbocycles. The van der Waals surface area contributed by atoms with E-state index in [-0.39, 0.29) is 17.5 Å². The van der Waals surface area contributed by atoms with Crippen LogP contribution >= 0.6 is 0 Å². The van der Waals surface area contributed by atoms with Gasteiger partial charge in [0.2, 0.25) is 0 Å². The highest BCUT2D eigenvalue weighted by Gasteiger charge is 2.17. The maximum Gasteiger partial charge on any atom is 0.123 e. The van der Waals surface area contributed by atoms with Crippen molar-refractivity contribution in [2.45, 2.75) is 5.92 Å². The van der Waals surface area contributed by atoms with E-state index in [0.717, 1.165) is 16.8 Å². The molecule has 0 amide bonds. The van der Waals surface area contributed by atoms with Gasteiger partial charge in [0.25, 0.3) is 0 Å². The number of phenolic OH excluding ortho intramolecular Hbond substituents is 1. The molecule has 0 aliphatic carbocycles. The molecule has 1 unspecified atom stereocenters. The largest absolute Gasteiger partial charge is 0.508 e. The molecule has 0 saturated heterocycles. The van der Waals surface area contributed by atoms with Crippen LogP contribution in [0.5, 0.6) is 5.75 Å². The van der Waals surface area contributed by atoms with Crippen LogP contribution in [-0.4, -0.2) is 10.1 Å². The first-order valence-corrected chi connectivity index (χ1v) is 6.69. The predicted octanol–water partition coefficient (Wildman–Crippen LogP) is 4.11. The summed E-state index contributed by atoms with van der Waals surface area (Å²) < 4.78 is 13.2. The number of hydrogen-bond acceptors (Lipinski definition) is 2. The fraction of sp³-hybridized carbons (Fsp3) is 0.0556. The van der Waals surface area contributed by atoms with E-state index in [1.54, 1.807) is 30.5 Å². The van der Waals surface area contributed by atoms with Crippen molar-refractivity contribution >= 4 is 0 Å². The second-order valence-corrected chi connectivity index (χ2v) is 4.83. The molecule has 0 bridgehead atoms. The van der Waals surface area contributed by atoms with Crippen LogP contribution in [0.25, 0.3) is 0 Å².